The smallest absolute Gasteiger partial charge is 0.263 e. The average Bonchev–Trinajstić information content (AvgIpc) is 2.81. The van der Waals surface area contributed by atoms with Crippen molar-refractivity contribution in [1.82, 2.24) is 9.55 Å². The Bertz CT molecular complexity index is 1240. The number of nitrogens with two attached hydrogens (primary N) is 1. The van der Waals surface area contributed by atoms with Gasteiger partial charge < -0.3 is 15.4 Å². The van der Waals surface area contributed by atoms with Gasteiger partial charge in [0, 0.05) is 31.7 Å². The van der Waals surface area contributed by atoms with Gasteiger partial charge in [0.15, 0.2) is 0 Å². The standard InChI is InChI=1S/C24H24FN5O2/c1-27-20-9-6-16(14-19(20)25)22-21(15-4-7-18(32-3)8-5-15)23(31)29(2)24(28-22)30-12-10-17(26)11-13-30/h4-9,14,17H,10-13,26H2,2-3H3. The molecule has 32 heavy (non-hydrogen) atoms. The van der Waals surface area contributed by atoms with Gasteiger partial charge in [0.25, 0.3) is 5.56 Å². The van der Waals surface area contributed by atoms with Crippen LogP contribution < -0.4 is 20.9 Å². The van der Waals surface area contributed by atoms with E-state index in [9.17, 15) is 9.18 Å². The summed E-state index contributed by atoms with van der Waals surface area (Å²) in [5.41, 5.74) is 7.55. The zero-order valence-corrected chi connectivity index (χ0v) is 18.0. The molecule has 1 aliphatic rings. The first kappa shape index (κ1) is 21.5. The van der Waals surface area contributed by atoms with Crippen LogP contribution >= 0.6 is 0 Å². The van der Waals surface area contributed by atoms with Crippen LogP contribution in [0.5, 0.6) is 5.75 Å². The zero-order valence-electron chi connectivity index (χ0n) is 18.0. The first-order valence-corrected chi connectivity index (χ1v) is 10.4. The van der Waals surface area contributed by atoms with E-state index in [2.05, 4.69) is 4.85 Å². The molecule has 0 radical (unpaired) electrons. The lowest BCUT2D eigenvalue weighted by molar-refractivity contribution is 0.415. The molecule has 164 valence electrons. The fourth-order valence-corrected chi connectivity index (χ4v) is 3.94. The van der Waals surface area contributed by atoms with Gasteiger partial charge in [0.1, 0.15) is 11.6 Å². The Morgan fingerprint density at radius 3 is 2.41 bits per heavy atom. The Morgan fingerprint density at radius 2 is 1.81 bits per heavy atom. The molecule has 3 aromatic rings. The Labute approximate surface area is 185 Å². The van der Waals surface area contributed by atoms with Crippen molar-refractivity contribution in [3.05, 3.63) is 70.1 Å². The maximum absolute atomic E-state index is 14.5. The first-order valence-electron chi connectivity index (χ1n) is 10.4. The van der Waals surface area contributed by atoms with Crippen molar-refractivity contribution >= 4 is 11.6 Å². The van der Waals surface area contributed by atoms with Crippen LogP contribution in [0.2, 0.25) is 0 Å². The van der Waals surface area contributed by atoms with Crippen LogP contribution in [-0.2, 0) is 7.05 Å². The molecule has 2 heterocycles. The molecule has 4 rings (SSSR count). The molecular formula is C24H24FN5O2. The highest BCUT2D eigenvalue weighted by molar-refractivity contribution is 5.82. The number of halogens is 1. The number of piperidine rings is 1. The monoisotopic (exact) mass is 433 g/mol. The summed E-state index contributed by atoms with van der Waals surface area (Å²) in [4.78, 5) is 23.6. The van der Waals surface area contributed by atoms with E-state index in [1.807, 2.05) is 4.90 Å². The molecule has 0 spiro atoms. The van der Waals surface area contributed by atoms with Crippen LogP contribution in [-0.4, -0.2) is 35.8 Å². The Morgan fingerprint density at radius 1 is 1.16 bits per heavy atom. The number of hydrogen-bond acceptors (Lipinski definition) is 5. The van der Waals surface area contributed by atoms with Crippen molar-refractivity contribution in [2.75, 3.05) is 25.1 Å². The lowest BCUT2D eigenvalue weighted by Gasteiger charge is -2.32. The maximum atomic E-state index is 14.5. The number of hydrogen-bond donors (Lipinski definition) is 1. The summed E-state index contributed by atoms with van der Waals surface area (Å²) < 4.78 is 21.2. The van der Waals surface area contributed by atoms with Gasteiger partial charge in [-0.15, -0.1) is 0 Å². The van der Waals surface area contributed by atoms with Gasteiger partial charge >= 0.3 is 0 Å². The van der Waals surface area contributed by atoms with Crippen LogP contribution in [0.15, 0.2) is 47.3 Å². The molecule has 1 saturated heterocycles. The molecule has 2 aromatic carbocycles. The van der Waals surface area contributed by atoms with Crippen molar-refractivity contribution in [3.8, 4) is 28.1 Å². The fraction of sp³-hybridized carbons (Fsp3) is 0.292. The van der Waals surface area contributed by atoms with E-state index in [-0.39, 0.29) is 17.3 Å². The van der Waals surface area contributed by atoms with Crippen molar-refractivity contribution in [3.63, 3.8) is 0 Å². The predicted octanol–water partition coefficient (Wildman–Crippen LogP) is 3.74. The van der Waals surface area contributed by atoms with Crippen LogP contribution in [0.3, 0.4) is 0 Å². The van der Waals surface area contributed by atoms with E-state index in [4.69, 9.17) is 22.0 Å². The first-order chi connectivity index (χ1) is 15.4. The second-order valence-corrected chi connectivity index (χ2v) is 7.83. The molecule has 7 nitrogen and oxygen atoms in total. The van der Waals surface area contributed by atoms with E-state index in [1.165, 1.54) is 16.7 Å². The molecule has 2 N–H and O–H groups in total. The second-order valence-electron chi connectivity index (χ2n) is 7.83. The van der Waals surface area contributed by atoms with Gasteiger partial charge in [0.2, 0.25) is 11.6 Å². The molecule has 1 aliphatic heterocycles. The number of ether oxygens (including phenoxy) is 1. The summed E-state index contributed by atoms with van der Waals surface area (Å²) in [5.74, 6) is 0.531. The van der Waals surface area contributed by atoms with Gasteiger partial charge in [-0.05, 0) is 36.6 Å². The van der Waals surface area contributed by atoms with E-state index >= 15 is 0 Å². The summed E-state index contributed by atoms with van der Waals surface area (Å²) in [6.45, 7) is 8.49. The molecule has 0 amide bonds. The van der Waals surface area contributed by atoms with E-state index < -0.39 is 5.82 Å². The van der Waals surface area contributed by atoms with Crippen molar-refractivity contribution in [2.45, 2.75) is 18.9 Å². The van der Waals surface area contributed by atoms with Gasteiger partial charge in [-0.3, -0.25) is 9.36 Å². The van der Waals surface area contributed by atoms with Crippen molar-refractivity contribution in [1.29, 1.82) is 0 Å². The van der Waals surface area contributed by atoms with Crippen LogP contribution in [0.25, 0.3) is 27.2 Å². The molecule has 0 aliphatic carbocycles. The van der Waals surface area contributed by atoms with Crippen LogP contribution in [0.4, 0.5) is 16.0 Å². The van der Waals surface area contributed by atoms with Crippen LogP contribution in [0.1, 0.15) is 12.8 Å². The van der Waals surface area contributed by atoms with E-state index in [0.29, 0.717) is 47.2 Å². The fourth-order valence-electron chi connectivity index (χ4n) is 3.94. The highest BCUT2D eigenvalue weighted by atomic mass is 19.1. The van der Waals surface area contributed by atoms with E-state index in [0.717, 1.165) is 12.8 Å². The second kappa shape index (κ2) is 8.81. The quantitative estimate of drug-likeness (QED) is 0.635. The SMILES string of the molecule is [C-]#[N+]c1ccc(-c2nc(N3CCC(N)CC3)n(C)c(=O)c2-c2ccc(OC)cc2)cc1F. The average molecular weight is 433 g/mol. The zero-order chi connectivity index (χ0) is 22.8. The number of aromatic nitrogens is 2. The van der Waals surface area contributed by atoms with Gasteiger partial charge in [-0.25, -0.2) is 14.2 Å². The Hall–Kier alpha value is -3.70. The highest BCUT2D eigenvalue weighted by Crippen LogP contribution is 2.33. The molecule has 0 atom stereocenters. The predicted molar refractivity (Wildman–Crippen MR) is 123 cm³/mol. The number of rotatable bonds is 4. The Balaban J connectivity index is 1.93. The Kier molecular flexibility index (Phi) is 5.93. The lowest BCUT2D eigenvalue weighted by Crippen LogP contribution is -2.42. The largest absolute Gasteiger partial charge is 0.497 e. The third-order valence-electron chi connectivity index (χ3n) is 5.81. The topological polar surface area (TPSA) is 77.7 Å². The number of anilines is 1. The summed E-state index contributed by atoms with van der Waals surface area (Å²) in [5, 5.41) is 0. The highest BCUT2D eigenvalue weighted by Gasteiger charge is 2.24. The minimum Gasteiger partial charge on any atom is -0.497 e. The summed E-state index contributed by atoms with van der Waals surface area (Å²) >= 11 is 0. The van der Waals surface area contributed by atoms with Gasteiger partial charge in [0.05, 0.1) is 24.9 Å². The summed E-state index contributed by atoms with van der Waals surface area (Å²) in [6, 6.07) is 11.5. The molecule has 1 aromatic heterocycles. The number of nitrogens with zero attached hydrogens (tertiary/aromatic N) is 4. The molecule has 0 saturated carbocycles. The number of methoxy groups -OCH3 is 1. The molecular weight excluding hydrogens is 409 g/mol. The van der Waals surface area contributed by atoms with Crippen molar-refractivity contribution in [2.24, 2.45) is 12.8 Å². The lowest BCUT2D eigenvalue weighted by atomic mass is 9.99. The molecule has 0 bridgehead atoms. The maximum Gasteiger partial charge on any atom is 0.263 e. The number of benzene rings is 2. The minimum atomic E-state index is -0.647. The molecule has 1 fully saturated rings. The molecule has 0 unspecified atom stereocenters. The van der Waals surface area contributed by atoms with Crippen molar-refractivity contribution < 1.29 is 9.13 Å². The summed E-state index contributed by atoms with van der Waals surface area (Å²) in [6.07, 6.45) is 1.61. The summed E-state index contributed by atoms with van der Waals surface area (Å²) in [7, 11) is 3.26. The van der Waals surface area contributed by atoms with E-state index in [1.54, 1.807) is 44.5 Å². The normalized spacial score (nSPS) is 14.3. The van der Waals surface area contributed by atoms with Gasteiger partial charge in [-0.2, -0.15) is 0 Å². The van der Waals surface area contributed by atoms with Gasteiger partial charge in [-0.1, -0.05) is 24.3 Å². The third kappa shape index (κ3) is 3.95. The van der Waals surface area contributed by atoms with Crippen LogP contribution in [0, 0.1) is 12.4 Å². The third-order valence-corrected chi connectivity index (χ3v) is 5.81. The molecule has 8 heteroatoms. The minimum absolute atomic E-state index is 0.0752.